The Morgan fingerprint density at radius 1 is 1.24 bits per heavy atom. The van der Waals surface area contributed by atoms with Gasteiger partial charge in [0.05, 0.1) is 18.3 Å². The largest absolute Gasteiger partial charge is 0.368 e. The highest BCUT2D eigenvalue weighted by atomic mass is 79.9. The van der Waals surface area contributed by atoms with E-state index in [0.717, 1.165) is 27.7 Å². The van der Waals surface area contributed by atoms with Crippen molar-refractivity contribution in [3.8, 4) is 11.3 Å². The molecule has 1 saturated heterocycles. The molecule has 0 saturated carbocycles. The Labute approximate surface area is 227 Å². The minimum Gasteiger partial charge on any atom is -0.368 e. The van der Waals surface area contributed by atoms with Gasteiger partial charge in [-0.3, -0.25) is 4.79 Å². The molecule has 0 spiro atoms. The molecular weight excluding hydrogens is 535 g/mol. The van der Waals surface area contributed by atoms with Crippen LogP contribution in [0.15, 0.2) is 65.3 Å². The molecule has 0 bridgehead atoms. The molecular formula is C29H36BrFN4O2. The third-order valence-electron chi connectivity index (χ3n) is 6.64. The number of amides is 1. The molecule has 3 aromatic rings. The van der Waals surface area contributed by atoms with Crippen LogP contribution in [0.2, 0.25) is 0 Å². The van der Waals surface area contributed by atoms with Crippen LogP contribution in [0.5, 0.6) is 0 Å². The van der Waals surface area contributed by atoms with Crippen LogP contribution >= 0.6 is 15.9 Å². The number of aromatic nitrogens is 2. The number of carbonyl (C=O) groups excluding carboxylic acids is 1. The fraction of sp³-hybridized carbons (Fsp3) is 0.448. The Hall–Kier alpha value is -2.55. The van der Waals surface area contributed by atoms with Crippen molar-refractivity contribution in [3.05, 3.63) is 76.7 Å². The summed E-state index contributed by atoms with van der Waals surface area (Å²) < 4.78 is 23.7. The first-order valence-corrected chi connectivity index (χ1v) is 13.6. The van der Waals surface area contributed by atoms with Crippen molar-refractivity contribution in [2.75, 3.05) is 19.7 Å². The Morgan fingerprint density at radius 2 is 2.00 bits per heavy atom. The molecule has 37 heavy (non-hydrogen) atoms. The Balaban J connectivity index is 1.85. The fourth-order valence-corrected chi connectivity index (χ4v) is 5.30. The molecule has 0 unspecified atom stereocenters. The number of hydrogen-bond donors (Lipinski definition) is 1. The molecule has 1 amide bonds. The maximum absolute atomic E-state index is 14.9. The number of carbonyl (C=O) groups is 1. The standard InChI is InChI=1S/C29H36BrFN4O2/c1-29(2,3)26(35(18-23(31)16-32)28(36)25-13-8-14-37-25)27-33-24(21-11-7-12-22(30)15-21)19-34(27)17-20-9-5-4-6-10-20/h4-7,9-12,15,19,23,25-26H,8,13-14,16-18,32H2,1-3H3/t23-,25+,26+/m1/s1. The molecule has 0 radical (unpaired) electrons. The first-order chi connectivity index (χ1) is 17.7. The molecule has 2 aromatic carbocycles. The summed E-state index contributed by atoms with van der Waals surface area (Å²) in [5.74, 6) is 0.508. The van der Waals surface area contributed by atoms with Gasteiger partial charge in [-0.2, -0.15) is 0 Å². The van der Waals surface area contributed by atoms with Crippen LogP contribution in [0.25, 0.3) is 11.3 Å². The maximum Gasteiger partial charge on any atom is 0.252 e. The smallest absolute Gasteiger partial charge is 0.252 e. The lowest BCUT2D eigenvalue weighted by Crippen LogP contribution is -2.49. The summed E-state index contributed by atoms with van der Waals surface area (Å²) in [6.45, 7) is 7.02. The summed E-state index contributed by atoms with van der Waals surface area (Å²) in [6, 6.07) is 17.6. The molecule has 0 aliphatic carbocycles. The minimum atomic E-state index is -1.35. The van der Waals surface area contributed by atoms with E-state index in [2.05, 4.69) is 53.4 Å². The first kappa shape index (κ1) is 27.5. The van der Waals surface area contributed by atoms with E-state index in [1.807, 2.05) is 48.7 Å². The van der Waals surface area contributed by atoms with Crippen LogP contribution in [0, 0.1) is 5.41 Å². The van der Waals surface area contributed by atoms with Crippen molar-refractivity contribution in [1.29, 1.82) is 0 Å². The summed E-state index contributed by atoms with van der Waals surface area (Å²) in [5, 5.41) is 0. The lowest BCUT2D eigenvalue weighted by Gasteiger charge is -2.41. The van der Waals surface area contributed by atoms with Crippen LogP contribution in [-0.2, 0) is 16.1 Å². The molecule has 2 N–H and O–H groups in total. The summed E-state index contributed by atoms with van der Waals surface area (Å²) in [5.41, 5.74) is 8.09. The molecule has 1 aliphatic rings. The van der Waals surface area contributed by atoms with Crippen molar-refractivity contribution >= 4 is 21.8 Å². The van der Waals surface area contributed by atoms with E-state index in [1.54, 1.807) is 4.90 Å². The van der Waals surface area contributed by atoms with Crippen LogP contribution < -0.4 is 5.73 Å². The normalized spacial score (nSPS) is 17.5. The number of halogens is 2. The lowest BCUT2D eigenvalue weighted by atomic mass is 9.84. The van der Waals surface area contributed by atoms with Gasteiger partial charge in [-0.1, -0.05) is 79.2 Å². The van der Waals surface area contributed by atoms with Crippen molar-refractivity contribution in [3.63, 3.8) is 0 Å². The second kappa shape index (κ2) is 11.9. The van der Waals surface area contributed by atoms with Gasteiger partial charge in [-0.15, -0.1) is 0 Å². The minimum absolute atomic E-state index is 0.110. The lowest BCUT2D eigenvalue weighted by molar-refractivity contribution is -0.147. The SMILES string of the molecule is CC(C)(C)[C@H](c1nc(-c2cccc(Br)c2)cn1Cc1ccccc1)N(C[C@H](F)CN)C(=O)[C@@H]1CCCO1. The van der Waals surface area contributed by atoms with Gasteiger partial charge in [0.15, 0.2) is 0 Å². The van der Waals surface area contributed by atoms with Crippen molar-refractivity contribution in [2.45, 2.75) is 58.5 Å². The van der Waals surface area contributed by atoms with E-state index in [-0.39, 0.29) is 19.0 Å². The summed E-state index contributed by atoms with van der Waals surface area (Å²) in [7, 11) is 0. The van der Waals surface area contributed by atoms with E-state index in [0.29, 0.717) is 25.4 Å². The molecule has 198 valence electrons. The molecule has 4 rings (SSSR count). The fourth-order valence-electron chi connectivity index (χ4n) is 4.90. The molecule has 2 heterocycles. The van der Waals surface area contributed by atoms with E-state index in [4.69, 9.17) is 15.5 Å². The maximum atomic E-state index is 14.9. The third kappa shape index (κ3) is 6.67. The average Bonchev–Trinajstić information content (AvgIpc) is 3.54. The van der Waals surface area contributed by atoms with Crippen LogP contribution in [0.4, 0.5) is 4.39 Å². The number of imidazole rings is 1. The number of rotatable bonds is 9. The quantitative estimate of drug-likeness (QED) is 0.355. The van der Waals surface area contributed by atoms with Gasteiger partial charge in [-0.05, 0) is 36.0 Å². The van der Waals surface area contributed by atoms with Gasteiger partial charge in [-0.25, -0.2) is 9.37 Å². The average molecular weight is 572 g/mol. The Bertz CT molecular complexity index is 1190. The molecule has 3 atom stereocenters. The highest BCUT2D eigenvalue weighted by molar-refractivity contribution is 9.10. The number of nitrogens with zero attached hydrogens (tertiary/aromatic N) is 3. The highest BCUT2D eigenvalue weighted by Gasteiger charge is 2.42. The summed E-state index contributed by atoms with van der Waals surface area (Å²) in [6.07, 6.45) is 1.55. The van der Waals surface area contributed by atoms with Gasteiger partial charge in [0, 0.05) is 35.9 Å². The third-order valence-corrected chi connectivity index (χ3v) is 7.13. The van der Waals surface area contributed by atoms with E-state index in [1.165, 1.54) is 0 Å². The first-order valence-electron chi connectivity index (χ1n) is 12.8. The second-order valence-electron chi connectivity index (χ2n) is 10.7. The molecule has 1 fully saturated rings. The summed E-state index contributed by atoms with van der Waals surface area (Å²) in [4.78, 5) is 20.5. The number of benzene rings is 2. The van der Waals surface area contributed by atoms with E-state index >= 15 is 0 Å². The zero-order valence-corrected chi connectivity index (χ0v) is 23.3. The zero-order chi connectivity index (χ0) is 26.6. The Kier molecular flexibility index (Phi) is 8.82. The highest BCUT2D eigenvalue weighted by Crippen LogP contribution is 2.40. The van der Waals surface area contributed by atoms with Gasteiger partial charge in [0.25, 0.3) is 5.91 Å². The number of hydrogen-bond acceptors (Lipinski definition) is 4. The van der Waals surface area contributed by atoms with Crippen molar-refractivity contribution < 1.29 is 13.9 Å². The van der Waals surface area contributed by atoms with Crippen molar-refractivity contribution in [2.24, 2.45) is 11.1 Å². The monoisotopic (exact) mass is 570 g/mol. The molecule has 8 heteroatoms. The van der Waals surface area contributed by atoms with Gasteiger partial charge in [0.2, 0.25) is 0 Å². The van der Waals surface area contributed by atoms with E-state index < -0.39 is 23.7 Å². The van der Waals surface area contributed by atoms with Gasteiger partial charge >= 0.3 is 0 Å². The predicted octanol–water partition coefficient (Wildman–Crippen LogP) is 5.75. The van der Waals surface area contributed by atoms with Crippen LogP contribution in [0.1, 0.15) is 51.0 Å². The zero-order valence-electron chi connectivity index (χ0n) is 21.7. The van der Waals surface area contributed by atoms with E-state index in [9.17, 15) is 9.18 Å². The number of nitrogens with two attached hydrogens (primary N) is 1. The second-order valence-corrected chi connectivity index (χ2v) is 11.6. The van der Waals surface area contributed by atoms with Crippen LogP contribution in [-0.4, -0.2) is 52.3 Å². The number of ether oxygens (including phenoxy) is 1. The predicted molar refractivity (Wildman–Crippen MR) is 148 cm³/mol. The van der Waals surface area contributed by atoms with Gasteiger partial charge in [0.1, 0.15) is 18.1 Å². The van der Waals surface area contributed by atoms with Crippen molar-refractivity contribution in [1.82, 2.24) is 14.5 Å². The molecule has 1 aliphatic heterocycles. The van der Waals surface area contributed by atoms with Gasteiger partial charge < -0.3 is 19.9 Å². The summed E-state index contributed by atoms with van der Waals surface area (Å²) >= 11 is 3.56. The van der Waals surface area contributed by atoms with Crippen LogP contribution in [0.3, 0.4) is 0 Å². The topological polar surface area (TPSA) is 73.4 Å². The molecule has 1 aromatic heterocycles. The molecule has 6 nitrogen and oxygen atoms in total. The Morgan fingerprint density at radius 3 is 2.62 bits per heavy atom. The number of alkyl halides is 1.